The Hall–Kier alpha value is -1.22. The predicted octanol–water partition coefficient (Wildman–Crippen LogP) is 3.90. The quantitative estimate of drug-likeness (QED) is 0.611. The van der Waals surface area contributed by atoms with Crippen molar-refractivity contribution in [2.24, 2.45) is 0 Å². The zero-order valence-electron chi connectivity index (χ0n) is 10.3. The first kappa shape index (κ1) is 11.8. The molecule has 0 nitrogen and oxygen atoms in total. The molecule has 88 valence electrons. The molecule has 0 saturated heterocycles. The third kappa shape index (κ3) is 1.28. The highest BCUT2D eigenvalue weighted by molar-refractivity contribution is 8.09. The van der Waals surface area contributed by atoms with Crippen molar-refractivity contribution < 1.29 is 0 Å². The highest BCUT2D eigenvalue weighted by atomic mass is 32.2. The minimum atomic E-state index is -0.0292. The minimum Gasteiger partial charge on any atom is -0.114 e. The molecule has 0 fully saturated rings. The van der Waals surface area contributed by atoms with Gasteiger partial charge in [-0.25, -0.2) is 0 Å². The van der Waals surface area contributed by atoms with Crippen molar-refractivity contribution in [2.45, 2.75) is 23.3 Å². The Morgan fingerprint density at radius 2 is 1.28 bits per heavy atom. The van der Waals surface area contributed by atoms with Crippen molar-refractivity contribution in [3.8, 4) is 24.7 Å². The fourth-order valence-corrected chi connectivity index (χ4v) is 5.39. The molecule has 3 aliphatic rings. The SMILES string of the molecule is C#CC1=CC2=CC=C3C=C(C#C)S[C@@]3(C)[C@]2(C)S1. The van der Waals surface area contributed by atoms with E-state index >= 15 is 0 Å². The summed E-state index contributed by atoms with van der Waals surface area (Å²) in [6.45, 7) is 4.52. The van der Waals surface area contributed by atoms with Crippen LogP contribution in [0.2, 0.25) is 0 Å². The van der Waals surface area contributed by atoms with Gasteiger partial charge in [-0.3, -0.25) is 0 Å². The molecule has 2 aliphatic heterocycles. The molecule has 0 bridgehead atoms. The Labute approximate surface area is 117 Å². The molecule has 2 atom stereocenters. The Balaban J connectivity index is 2.13. The number of fused-ring (bicyclic) bond motifs is 3. The second-order valence-electron chi connectivity index (χ2n) is 4.82. The molecule has 0 aromatic heterocycles. The van der Waals surface area contributed by atoms with Gasteiger partial charge in [0, 0.05) is 0 Å². The summed E-state index contributed by atoms with van der Waals surface area (Å²) in [4.78, 5) is 2.02. The number of hydrogen-bond donors (Lipinski definition) is 0. The maximum atomic E-state index is 5.55. The van der Waals surface area contributed by atoms with Gasteiger partial charge in [0.15, 0.2) is 0 Å². The zero-order valence-corrected chi connectivity index (χ0v) is 11.9. The monoisotopic (exact) mass is 268 g/mol. The van der Waals surface area contributed by atoms with Crippen molar-refractivity contribution in [1.82, 2.24) is 0 Å². The third-order valence-corrected chi connectivity index (χ3v) is 7.09. The zero-order chi connectivity index (χ0) is 13.0. The lowest BCUT2D eigenvalue weighted by Crippen LogP contribution is -2.45. The summed E-state index contributed by atoms with van der Waals surface area (Å²) >= 11 is 3.56. The fraction of sp³-hybridized carbons (Fsp3) is 0.250. The summed E-state index contributed by atoms with van der Waals surface area (Å²) in [7, 11) is 0. The molecule has 2 heterocycles. The van der Waals surface area contributed by atoms with Crippen LogP contribution in [0.15, 0.2) is 45.3 Å². The maximum absolute atomic E-state index is 5.55. The van der Waals surface area contributed by atoms with Gasteiger partial charge in [0.25, 0.3) is 0 Å². The molecule has 3 rings (SSSR count). The van der Waals surface area contributed by atoms with Crippen LogP contribution in [0.5, 0.6) is 0 Å². The number of allylic oxidation sites excluding steroid dienone is 6. The third-order valence-electron chi connectivity index (χ3n) is 3.94. The van der Waals surface area contributed by atoms with Crippen molar-refractivity contribution in [2.75, 3.05) is 0 Å². The van der Waals surface area contributed by atoms with Gasteiger partial charge in [0.1, 0.15) is 0 Å². The van der Waals surface area contributed by atoms with Gasteiger partial charge in [-0.2, -0.15) is 0 Å². The smallest absolute Gasteiger partial charge is 0.0622 e. The van der Waals surface area contributed by atoms with Crippen LogP contribution in [0, 0.1) is 24.7 Å². The number of rotatable bonds is 0. The standard InChI is InChI=1S/C16H12S2/c1-5-13-9-11-7-8-12-10-14(6-2)18-16(12,4)15(11,3)17-13/h1-2,7-10H,3-4H3/t15-,16-/m1/s1. The molecular formula is C16H12S2. The largest absolute Gasteiger partial charge is 0.114 e. The molecular weight excluding hydrogens is 256 g/mol. The Morgan fingerprint density at radius 1 is 0.889 bits per heavy atom. The summed E-state index contributed by atoms with van der Waals surface area (Å²) in [5, 5.41) is 0. The van der Waals surface area contributed by atoms with E-state index in [0.29, 0.717) is 0 Å². The lowest BCUT2D eigenvalue weighted by atomic mass is 9.78. The second-order valence-corrected chi connectivity index (χ2v) is 7.74. The highest BCUT2D eigenvalue weighted by Crippen LogP contribution is 2.64. The van der Waals surface area contributed by atoms with Gasteiger partial charge < -0.3 is 0 Å². The molecule has 0 N–H and O–H groups in total. The van der Waals surface area contributed by atoms with Gasteiger partial charge in [0.2, 0.25) is 0 Å². The van der Waals surface area contributed by atoms with Gasteiger partial charge in [-0.15, -0.1) is 36.4 Å². The number of terminal acetylenes is 2. The van der Waals surface area contributed by atoms with Gasteiger partial charge >= 0.3 is 0 Å². The number of hydrogen-bond acceptors (Lipinski definition) is 2. The van der Waals surface area contributed by atoms with E-state index in [4.69, 9.17) is 12.8 Å². The van der Waals surface area contributed by atoms with Crippen LogP contribution >= 0.6 is 23.5 Å². The summed E-state index contributed by atoms with van der Waals surface area (Å²) < 4.78 is -0.0584. The topological polar surface area (TPSA) is 0 Å². The molecule has 18 heavy (non-hydrogen) atoms. The highest BCUT2D eigenvalue weighted by Gasteiger charge is 2.55. The van der Waals surface area contributed by atoms with E-state index < -0.39 is 0 Å². The van der Waals surface area contributed by atoms with Crippen LogP contribution in [-0.2, 0) is 0 Å². The Bertz CT molecular complexity index is 588. The van der Waals surface area contributed by atoms with E-state index in [1.54, 1.807) is 23.5 Å². The van der Waals surface area contributed by atoms with Crippen LogP contribution in [-0.4, -0.2) is 9.49 Å². The van der Waals surface area contributed by atoms with E-state index in [2.05, 4.69) is 50.0 Å². The van der Waals surface area contributed by atoms with Crippen molar-refractivity contribution in [3.63, 3.8) is 0 Å². The van der Waals surface area contributed by atoms with E-state index in [1.807, 2.05) is 0 Å². The molecule has 0 amide bonds. The van der Waals surface area contributed by atoms with Crippen LogP contribution < -0.4 is 0 Å². The molecule has 0 aromatic rings. The fourth-order valence-electron chi connectivity index (χ4n) is 2.66. The Kier molecular flexibility index (Phi) is 2.39. The summed E-state index contributed by atoms with van der Waals surface area (Å²) in [5.41, 5.74) is 2.59. The lowest BCUT2D eigenvalue weighted by Gasteiger charge is -2.44. The molecule has 1 aliphatic carbocycles. The summed E-state index contributed by atoms with van der Waals surface area (Å²) in [5.74, 6) is 5.52. The van der Waals surface area contributed by atoms with Crippen molar-refractivity contribution in [3.05, 3.63) is 45.3 Å². The molecule has 0 unspecified atom stereocenters. The molecule has 2 heteroatoms. The lowest BCUT2D eigenvalue weighted by molar-refractivity contribution is 0.620. The molecule has 0 spiro atoms. The van der Waals surface area contributed by atoms with Crippen molar-refractivity contribution >= 4 is 23.5 Å². The van der Waals surface area contributed by atoms with Crippen LogP contribution in [0.25, 0.3) is 0 Å². The van der Waals surface area contributed by atoms with Crippen molar-refractivity contribution in [1.29, 1.82) is 0 Å². The first-order valence-electron chi connectivity index (χ1n) is 5.71. The normalized spacial score (nSPS) is 36.4. The molecule has 0 radical (unpaired) electrons. The van der Waals surface area contributed by atoms with Crippen LogP contribution in [0.3, 0.4) is 0 Å². The average molecular weight is 268 g/mol. The maximum Gasteiger partial charge on any atom is 0.0622 e. The van der Waals surface area contributed by atoms with Gasteiger partial charge in [0.05, 0.1) is 19.3 Å². The minimum absolute atomic E-state index is 0.0292. The summed E-state index contributed by atoms with van der Waals surface area (Å²) in [6.07, 6.45) is 19.7. The van der Waals surface area contributed by atoms with Crippen LogP contribution in [0.4, 0.5) is 0 Å². The van der Waals surface area contributed by atoms with Gasteiger partial charge in [-0.05, 0) is 37.1 Å². The Morgan fingerprint density at radius 3 is 1.61 bits per heavy atom. The molecule has 0 aromatic carbocycles. The first-order valence-corrected chi connectivity index (χ1v) is 7.34. The first-order chi connectivity index (χ1) is 8.53. The predicted molar refractivity (Wildman–Crippen MR) is 82.0 cm³/mol. The molecule has 0 saturated carbocycles. The van der Waals surface area contributed by atoms with E-state index in [0.717, 1.165) is 9.81 Å². The summed E-state index contributed by atoms with van der Waals surface area (Å²) in [6, 6.07) is 0. The van der Waals surface area contributed by atoms with Crippen LogP contribution in [0.1, 0.15) is 13.8 Å². The second kappa shape index (κ2) is 3.64. The number of thioether (sulfide) groups is 2. The van der Waals surface area contributed by atoms with E-state index in [1.165, 1.54) is 11.1 Å². The average Bonchev–Trinajstić information content (AvgIpc) is 2.87. The van der Waals surface area contributed by atoms with E-state index in [9.17, 15) is 0 Å². The van der Waals surface area contributed by atoms with E-state index in [-0.39, 0.29) is 9.49 Å². The van der Waals surface area contributed by atoms with Gasteiger partial charge in [-0.1, -0.05) is 24.0 Å².